The van der Waals surface area contributed by atoms with Crippen molar-refractivity contribution in [2.75, 3.05) is 0 Å². The van der Waals surface area contributed by atoms with E-state index in [0.29, 0.717) is 5.92 Å². The van der Waals surface area contributed by atoms with Crippen LogP contribution in [0.1, 0.15) is 40.5 Å². The first-order valence-corrected chi connectivity index (χ1v) is 8.90. The molecule has 160 valence electrons. The molecule has 28 heavy (non-hydrogen) atoms. The summed E-state index contributed by atoms with van der Waals surface area (Å²) >= 11 is 0. The summed E-state index contributed by atoms with van der Waals surface area (Å²) in [5.41, 5.74) is -2.22. The second-order valence-corrected chi connectivity index (χ2v) is 7.32. The minimum absolute atomic E-state index is 0.125. The molecule has 1 aliphatic carbocycles. The van der Waals surface area contributed by atoms with Gasteiger partial charge in [0.2, 0.25) is 0 Å². The van der Waals surface area contributed by atoms with E-state index in [1.165, 1.54) is 0 Å². The topological polar surface area (TPSA) is 162 Å². The Morgan fingerprint density at radius 2 is 1.46 bits per heavy atom. The predicted octanol–water partition coefficient (Wildman–Crippen LogP) is 0.725. The number of aliphatic hydroxyl groups is 3. The zero-order chi connectivity index (χ0) is 22.1. The lowest BCUT2D eigenvalue weighted by atomic mass is 9.79. The number of aliphatic carboxylic acids is 2. The Morgan fingerprint density at radius 3 is 1.86 bits per heavy atom. The molecule has 9 heteroatoms. The van der Waals surface area contributed by atoms with E-state index in [9.17, 15) is 29.7 Å². The number of rotatable bonds is 6. The van der Waals surface area contributed by atoms with Gasteiger partial charge in [0.1, 0.15) is 12.2 Å². The lowest BCUT2D eigenvalue weighted by Gasteiger charge is -2.39. The van der Waals surface area contributed by atoms with E-state index in [2.05, 4.69) is 0 Å². The average Bonchev–Trinajstić information content (AvgIpc) is 2.56. The largest absolute Gasteiger partial charge is 0.479 e. The van der Waals surface area contributed by atoms with Crippen LogP contribution in [0, 0.1) is 11.8 Å². The van der Waals surface area contributed by atoms with Crippen LogP contribution in [0.4, 0.5) is 0 Å². The summed E-state index contributed by atoms with van der Waals surface area (Å²) in [6, 6.07) is 0. The number of hydrogen-bond acceptors (Lipinski definition) is 7. The van der Waals surface area contributed by atoms with Crippen molar-refractivity contribution in [2.45, 2.75) is 64.4 Å². The standard InChI is InChI=1S/C13H20O7.C6H10O2/c1-7(2)3-4-10(15)20-9-6-13(19,12(17)18)5-8(14)11(9)16;1-5(2)3-4-6(7)8/h3-4,7-9,11,14,16,19H,5-6H2,1-2H3,(H,17,18);3-5H,1-2H3,(H,7,8)/b2*4-3+. The Bertz CT molecular complexity index is 594. The van der Waals surface area contributed by atoms with E-state index < -0.39 is 54.7 Å². The van der Waals surface area contributed by atoms with E-state index in [1.807, 2.05) is 27.7 Å². The van der Waals surface area contributed by atoms with E-state index >= 15 is 0 Å². The van der Waals surface area contributed by atoms with Gasteiger partial charge in [-0.1, -0.05) is 39.8 Å². The highest BCUT2D eigenvalue weighted by atomic mass is 16.6. The summed E-state index contributed by atoms with van der Waals surface area (Å²) < 4.78 is 4.91. The maximum absolute atomic E-state index is 11.5. The Labute approximate surface area is 163 Å². The normalized spacial score (nSPS) is 27.7. The van der Waals surface area contributed by atoms with Crippen LogP contribution in [-0.4, -0.2) is 67.4 Å². The zero-order valence-corrected chi connectivity index (χ0v) is 16.5. The van der Waals surface area contributed by atoms with Crippen molar-refractivity contribution in [2.24, 2.45) is 11.8 Å². The molecule has 0 heterocycles. The molecule has 4 atom stereocenters. The van der Waals surface area contributed by atoms with Gasteiger partial charge in [-0.2, -0.15) is 0 Å². The van der Waals surface area contributed by atoms with Gasteiger partial charge in [0.05, 0.1) is 6.10 Å². The smallest absolute Gasteiger partial charge is 0.335 e. The number of carbonyl (C=O) groups excluding carboxylic acids is 1. The quantitative estimate of drug-likeness (QED) is 0.318. The van der Waals surface area contributed by atoms with E-state index in [-0.39, 0.29) is 5.92 Å². The molecule has 0 bridgehead atoms. The van der Waals surface area contributed by atoms with Crippen molar-refractivity contribution in [3.8, 4) is 0 Å². The third-order valence-electron chi connectivity index (χ3n) is 3.77. The van der Waals surface area contributed by atoms with Gasteiger partial charge in [-0.3, -0.25) is 0 Å². The molecule has 0 radical (unpaired) electrons. The molecule has 0 spiro atoms. The summed E-state index contributed by atoms with van der Waals surface area (Å²) in [6.45, 7) is 7.57. The number of carboxylic acid groups (broad SMARTS) is 2. The highest BCUT2D eigenvalue weighted by molar-refractivity contribution is 5.82. The zero-order valence-electron chi connectivity index (χ0n) is 16.5. The van der Waals surface area contributed by atoms with Crippen molar-refractivity contribution < 1.29 is 44.7 Å². The van der Waals surface area contributed by atoms with Gasteiger partial charge in [-0.25, -0.2) is 14.4 Å². The number of esters is 1. The van der Waals surface area contributed by atoms with Crippen molar-refractivity contribution in [3.63, 3.8) is 0 Å². The summed E-state index contributed by atoms with van der Waals surface area (Å²) in [7, 11) is 0. The molecule has 0 amide bonds. The predicted molar refractivity (Wildman–Crippen MR) is 99.3 cm³/mol. The van der Waals surface area contributed by atoms with Gasteiger partial charge < -0.3 is 30.3 Å². The second kappa shape index (κ2) is 11.6. The van der Waals surface area contributed by atoms with Crippen LogP contribution >= 0.6 is 0 Å². The maximum Gasteiger partial charge on any atom is 0.335 e. The van der Waals surface area contributed by atoms with E-state index in [4.69, 9.17) is 14.9 Å². The lowest BCUT2D eigenvalue weighted by molar-refractivity contribution is -0.196. The number of aliphatic hydroxyl groups excluding tert-OH is 2. The van der Waals surface area contributed by atoms with Crippen LogP contribution < -0.4 is 0 Å². The number of hydrogen-bond donors (Lipinski definition) is 5. The molecule has 9 nitrogen and oxygen atoms in total. The fraction of sp³-hybridized carbons (Fsp3) is 0.632. The Hall–Kier alpha value is -2.23. The molecule has 1 saturated carbocycles. The molecule has 0 aliphatic heterocycles. The summed E-state index contributed by atoms with van der Waals surface area (Å²) in [4.78, 5) is 32.3. The molecule has 0 aromatic carbocycles. The minimum Gasteiger partial charge on any atom is -0.479 e. The number of allylic oxidation sites excluding steroid dienone is 2. The Morgan fingerprint density at radius 1 is 0.964 bits per heavy atom. The van der Waals surface area contributed by atoms with Crippen LogP contribution in [-0.2, 0) is 19.1 Å². The van der Waals surface area contributed by atoms with Crippen LogP contribution in [0.25, 0.3) is 0 Å². The van der Waals surface area contributed by atoms with Crippen LogP contribution in [0.5, 0.6) is 0 Å². The minimum atomic E-state index is -2.22. The monoisotopic (exact) mass is 402 g/mol. The first-order chi connectivity index (χ1) is 12.8. The van der Waals surface area contributed by atoms with Gasteiger partial charge in [-0.15, -0.1) is 0 Å². The molecule has 1 aliphatic rings. The molecule has 0 aromatic heterocycles. The molecule has 0 saturated heterocycles. The maximum atomic E-state index is 11.5. The molecule has 4 unspecified atom stereocenters. The van der Waals surface area contributed by atoms with E-state index in [0.717, 1.165) is 12.2 Å². The molecule has 1 rings (SSSR count). The van der Waals surface area contributed by atoms with E-state index in [1.54, 1.807) is 12.2 Å². The van der Waals surface area contributed by atoms with Crippen LogP contribution in [0.15, 0.2) is 24.3 Å². The first-order valence-electron chi connectivity index (χ1n) is 8.90. The average molecular weight is 402 g/mol. The number of carboxylic acids is 2. The Kier molecular flexibility index (Phi) is 10.7. The number of ether oxygens (including phenoxy) is 1. The molecular weight excluding hydrogens is 372 g/mol. The molecular formula is C19H30O9. The third-order valence-corrected chi connectivity index (χ3v) is 3.77. The van der Waals surface area contributed by atoms with Crippen LogP contribution in [0.2, 0.25) is 0 Å². The van der Waals surface area contributed by atoms with Crippen molar-refractivity contribution in [1.82, 2.24) is 0 Å². The number of carbonyl (C=O) groups is 3. The van der Waals surface area contributed by atoms with Gasteiger partial charge in [0, 0.05) is 25.0 Å². The highest BCUT2D eigenvalue weighted by Crippen LogP contribution is 2.31. The van der Waals surface area contributed by atoms with Gasteiger partial charge in [-0.05, 0) is 11.8 Å². The summed E-state index contributed by atoms with van der Waals surface area (Å²) in [5.74, 6) is -2.71. The fourth-order valence-corrected chi connectivity index (χ4v) is 2.27. The van der Waals surface area contributed by atoms with Crippen molar-refractivity contribution >= 4 is 17.9 Å². The summed E-state index contributed by atoms with van der Waals surface area (Å²) in [5, 5.41) is 46.2. The van der Waals surface area contributed by atoms with Gasteiger partial charge in [0.25, 0.3) is 0 Å². The first kappa shape index (κ1) is 25.8. The SMILES string of the molecule is CC(C)/C=C/C(=O)O.CC(C)/C=C/C(=O)OC1CC(O)(C(=O)O)CC(O)C1O. The highest BCUT2D eigenvalue weighted by Gasteiger charge is 2.50. The third kappa shape index (κ3) is 9.63. The van der Waals surface area contributed by atoms with Gasteiger partial charge in [0.15, 0.2) is 5.60 Å². The second-order valence-electron chi connectivity index (χ2n) is 7.32. The molecule has 0 aromatic rings. The van der Waals surface area contributed by atoms with Gasteiger partial charge >= 0.3 is 17.9 Å². The van der Waals surface area contributed by atoms with Crippen LogP contribution in [0.3, 0.4) is 0 Å². The van der Waals surface area contributed by atoms with Crippen molar-refractivity contribution in [3.05, 3.63) is 24.3 Å². The molecule has 1 fully saturated rings. The molecule has 5 N–H and O–H groups in total. The summed E-state index contributed by atoms with van der Waals surface area (Å²) in [6.07, 6.45) is 0.385. The Balaban J connectivity index is 0.000000769. The lowest BCUT2D eigenvalue weighted by Crippen LogP contribution is -2.57. The van der Waals surface area contributed by atoms with Crippen molar-refractivity contribution in [1.29, 1.82) is 0 Å². The fourth-order valence-electron chi connectivity index (χ4n) is 2.27.